The number of amides is 1. The highest BCUT2D eigenvalue weighted by Crippen LogP contribution is 2.28. The largest absolute Gasteiger partial charge is 0.338 e. The average molecular weight is 354 g/mol. The minimum absolute atomic E-state index is 0.00686. The van der Waals surface area contributed by atoms with E-state index in [9.17, 15) is 9.59 Å². The van der Waals surface area contributed by atoms with Crippen molar-refractivity contribution in [2.24, 2.45) is 5.92 Å². The summed E-state index contributed by atoms with van der Waals surface area (Å²) in [6.07, 6.45) is 6.23. The number of H-pyrrole nitrogens is 1. The lowest BCUT2D eigenvalue weighted by Gasteiger charge is -2.32. The Labute approximate surface area is 132 Å². The third kappa shape index (κ3) is 3.74. The molecule has 0 radical (unpaired) electrons. The van der Waals surface area contributed by atoms with Crippen LogP contribution in [-0.4, -0.2) is 41.5 Å². The van der Waals surface area contributed by atoms with Crippen LogP contribution in [0, 0.1) is 5.92 Å². The molecule has 2 N–H and O–H groups in total. The first-order valence-corrected chi connectivity index (χ1v) is 8.33. The van der Waals surface area contributed by atoms with Crippen molar-refractivity contribution >= 4 is 21.8 Å². The number of aromatic nitrogens is 1. The summed E-state index contributed by atoms with van der Waals surface area (Å²) in [5, 5.41) is 3.61. The molecule has 2 aliphatic rings. The summed E-state index contributed by atoms with van der Waals surface area (Å²) in [7, 11) is 0. The fourth-order valence-corrected chi connectivity index (χ4v) is 3.07. The Morgan fingerprint density at radius 3 is 2.67 bits per heavy atom. The van der Waals surface area contributed by atoms with Crippen molar-refractivity contribution in [3.63, 3.8) is 0 Å². The van der Waals surface area contributed by atoms with E-state index in [4.69, 9.17) is 0 Å². The van der Waals surface area contributed by atoms with Crippen LogP contribution in [0.3, 0.4) is 0 Å². The van der Waals surface area contributed by atoms with Crippen LogP contribution in [0.5, 0.6) is 0 Å². The molecule has 21 heavy (non-hydrogen) atoms. The Morgan fingerprint density at radius 2 is 2.05 bits per heavy atom. The van der Waals surface area contributed by atoms with Crippen LogP contribution in [0.25, 0.3) is 0 Å². The van der Waals surface area contributed by atoms with Gasteiger partial charge in [-0.1, -0.05) is 0 Å². The van der Waals surface area contributed by atoms with Gasteiger partial charge in [0.1, 0.15) is 0 Å². The van der Waals surface area contributed by atoms with E-state index in [2.05, 4.69) is 26.2 Å². The molecule has 1 amide bonds. The number of hydrogen-bond acceptors (Lipinski definition) is 3. The summed E-state index contributed by atoms with van der Waals surface area (Å²) in [5.74, 6) is 0.885. The fourth-order valence-electron chi connectivity index (χ4n) is 2.70. The molecule has 0 bridgehead atoms. The van der Waals surface area contributed by atoms with Gasteiger partial charge in [-0.15, -0.1) is 0 Å². The van der Waals surface area contributed by atoms with Gasteiger partial charge in [0, 0.05) is 25.3 Å². The topological polar surface area (TPSA) is 65.2 Å². The lowest BCUT2D eigenvalue weighted by atomic mass is 10.0. The zero-order chi connectivity index (χ0) is 14.8. The molecule has 2 fully saturated rings. The first-order valence-electron chi connectivity index (χ1n) is 7.54. The van der Waals surface area contributed by atoms with Gasteiger partial charge in [0.2, 0.25) is 0 Å². The quantitative estimate of drug-likeness (QED) is 0.866. The normalized spacial score (nSPS) is 19.8. The molecule has 3 rings (SSSR count). The Morgan fingerprint density at radius 1 is 1.33 bits per heavy atom. The van der Waals surface area contributed by atoms with Crippen molar-refractivity contribution in [3.8, 4) is 0 Å². The van der Waals surface area contributed by atoms with Gasteiger partial charge in [-0.3, -0.25) is 9.59 Å². The second kappa shape index (κ2) is 6.32. The van der Waals surface area contributed by atoms with E-state index in [-0.39, 0.29) is 11.5 Å². The minimum Gasteiger partial charge on any atom is -0.338 e. The van der Waals surface area contributed by atoms with E-state index in [0.717, 1.165) is 38.4 Å². The van der Waals surface area contributed by atoms with Crippen molar-refractivity contribution < 1.29 is 4.79 Å². The monoisotopic (exact) mass is 353 g/mol. The first-order chi connectivity index (χ1) is 10.1. The van der Waals surface area contributed by atoms with Gasteiger partial charge in [-0.05, 0) is 60.1 Å². The van der Waals surface area contributed by atoms with Crippen LogP contribution in [0.2, 0.25) is 0 Å². The number of nitrogens with one attached hydrogen (secondary N) is 2. The average Bonchev–Trinajstić information content (AvgIpc) is 3.32. The molecule has 1 saturated heterocycles. The summed E-state index contributed by atoms with van der Waals surface area (Å²) in [6.45, 7) is 2.68. The van der Waals surface area contributed by atoms with Crippen LogP contribution < -0.4 is 10.9 Å². The molecular formula is C15H20BrN3O2. The van der Waals surface area contributed by atoms with E-state index < -0.39 is 0 Å². The molecule has 1 aromatic rings. The number of aromatic amines is 1. The Bertz CT molecular complexity index is 575. The number of rotatable bonds is 4. The van der Waals surface area contributed by atoms with E-state index in [0.29, 0.717) is 16.1 Å². The maximum atomic E-state index is 12.4. The van der Waals surface area contributed by atoms with Crippen LogP contribution in [0.15, 0.2) is 21.5 Å². The standard InChI is InChI=1S/C15H20BrN3O2/c16-13-7-11(9-18-14(13)20)15(21)19-5-3-12(4-6-19)17-8-10-1-2-10/h7,9-10,12,17H,1-6,8H2,(H,18,20). The molecule has 5 nitrogen and oxygen atoms in total. The van der Waals surface area contributed by atoms with Crippen LogP contribution in [-0.2, 0) is 0 Å². The number of halogens is 1. The van der Waals surface area contributed by atoms with Crippen LogP contribution in [0.4, 0.5) is 0 Å². The highest BCUT2D eigenvalue weighted by atomic mass is 79.9. The number of piperidine rings is 1. The smallest absolute Gasteiger partial charge is 0.262 e. The third-order valence-corrected chi connectivity index (χ3v) is 4.87. The molecule has 0 atom stereocenters. The fraction of sp³-hybridized carbons (Fsp3) is 0.600. The second-order valence-corrected chi connectivity index (χ2v) is 6.84. The van der Waals surface area contributed by atoms with Crippen molar-refractivity contribution in [1.29, 1.82) is 0 Å². The number of carbonyl (C=O) groups excluding carboxylic acids is 1. The molecular weight excluding hydrogens is 334 g/mol. The molecule has 0 aromatic carbocycles. The molecule has 1 aromatic heterocycles. The molecule has 1 aliphatic heterocycles. The van der Waals surface area contributed by atoms with Crippen molar-refractivity contribution in [2.45, 2.75) is 31.7 Å². The predicted molar refractivity (Wildman–Crippen MR) is 84.4 cm³/mol. The zero-order valence-corrected chi connectivity index (χ0v) is 13.5. The maximum absolute atomic E-state index is 12.4. The molecule has 2 heterocycles. The third-order valence-electron chi connectivity index (χ3n) is 4.28. The number of likely N-dealkylation sites (tertiary alicyclic amines) is 1. The van der Waals surface area contributed by atoms with Gasteiger partial charge in [0.05, 0.1) is 10.0 Å². The Kier molecular flexibility index (Phi) is 4.45. The van der Waals surface area contributed by atoms with Gasteiger partial charge in [-0.25, -0.2) is 0 Å². The van der Waals surface area contributed by atoms with Crippen LogP contribution >= 0.6 is 15.9 Å². The summed E-state index contributed by atoms with van der Waals surface area (Å²) in [4.78, 5) is 28.2. The summed E-state index contributed by atoms with van der Waals surface area (Å²) in [6, 6.07) is 2.13. The summed E-state index contributed by atoms with van der Waals surface area (Å²) < 4.78 is 0.398. The van der Waals surface area contributed by atoms with Crippen LogP contribution in [0.1, 0.15) is 36.0 Å². The SMILES string of the molecule is O=C(c1c[nH]c(=O)c(Br)c1)N1CCC(NCC2CC2)CC1. The zero-order valence-electron chi connectivity index (χ0n) is 11.9. The van der Waals surface area contributed by atoms with E-state index >= 15 is 0 Å². The van der Waals surface area contributed by atoms with E-state index in [1.54, 1.807) is 6.07 Å². The van der Waals surface area contributed by atoms with Gasteiger partial charge >= 0.3 is 0 Å². The number of hydrogen-bond donors (Lipinski definition) is 2. The first kappa shape index (κ1) is 14.8. The molecule has 114 valence electrons. The van der Waals surface area contributed by atoms with E-state index in [1.807, 2.05) is 4.90 Å². The number of carbonyl (C=O) groups is 1. The number of nitrogens with zero attached hydrogens (tertiary/aromatic N) is 1. The highest BCUT2D eigenvalue weighted by molar-refractivity contribution is 9.10. The number of pyridine rings is 1. The maximum Gasteiger partial charge on any atom is 0.262 e. The van der Waals surface area contributed by atoms with Gasteiger partial charge < -0.3 is 15.2 Å². The molecule has 6 heteroatoms. The van der Waals surface area contributed by atoms with Gasteiger partial charge in [-0.2, -0.15) is 0 Å². The van der Waals surface area contributed by atoms with Gasteiger partial charge in [0.25, 0.3) is 11.5 Å². The minimum atomic E-state index is -0.213. The molecule has 0 unspecified atom stereocenters. The van der Waals surface area contributed by atoms with E-state index in [1.165, 1.54) is 19.0 Å². The Balaban J connectivity index is 1.54. The molecule has 0 spiro atoms. The lowest BCUT2D eigenvalue weighted by molar-refractivity contribution is 0.0704. The lowest BCUT2D eigenvalue weighted by Crippen LogP contribution is -2.45. The second-order valence-electron chi connectivity index (χ2n) is 5.98. The van der Waals surface area contributed by atoms with Crippen molar-refractivity contribution in [1.82, 2.24) is 15.2 Å². The van der Waals surface area contributed by atoms with Crippen molar-refractivity contribution in [3.05, 3.63) is 32.7 Å². The predicted octanol–water partition coefficient (Wildman–Crippen LogP) is 1.74. The summed E-state index contributed by atoms with van der Waals surface area (Å²) in [5.41, 5.74) is 0.320. The molecule has 1 aliphatic carbocycles. The Hall–Kier alpha value is -1.14. The highest BCUT2D eigenvalue weighted by Gasteiger charge is 2.26. The summed E-state index contributed by atoms with van der Waals surface area (Å²) >= 11 is 3.16. The molecule has 1 saturated carbocycles. The van der Waals surface area contributed by atoms with Gasteiger partial charge in [0.15, 0.2) is 0 Å². The van der Waals surface area contributed by atoms with Crippen molar-refractivity contribution in [2.75, 3.05) is 19.6 Å².